The van der Waals surface area contributed by atoms with E-state index in [0.29, 0.717) is 0 Å². The molecule has 0 aromatic carbocycles. The number of rotatable bonds is 15. The lowest BCUT2D eigenvalue weighted by Crippen LogP contribution is -2.60. The Labute approximate surface area is 187 Å². The van der Waals surface area contributed by atoms with E-state index in [1.807, 2.05) is 5.32 Å². The third-order valence-corrected chi connectivity index (χ3v) is 4.12. The molecule has 0 radical (unpaired) electrons. The fourth-order valence-corrected chi connectivity index (χ4v) is 2.45. The molecular formula is C17H28N6O10. The molecule has 0 aliphatic heterocycles. The molecule has 0 aromatic heterocycles. The second-order valence-electron chi connectivity index (χ2n) is 7.07. The maximum Gasteiger partial charge on any atom is 0.326 e. The minimum Gasteiger partial charge on any atom is -0.481 e. The number of aliphatic carboxylic acids is 2. The molecule has 16 heteroatoms. The van der Waals surface area contributed by atoms with Gasteiger partial charge in [0.2, 0.25) is 29.5 Å². The number of nitrogens with one attached hydrogen (secondary N) is 3. The number of aliphatic hydroxyl groups is 1. The minimum absolute atomic E-state index is 0.455. The minimum atomic E-state index is -1.75. The topological polar surface area (TPSA) is 294 Å². The highest BCUT2D eigenvalue weighted by Crippen LogP contribution is 2.04. The number of nitrogens with two attached hydrogens (primary N) is 3. The summed E-state index contributed by atoms with van der Waals surface area (Å²) in [7, 11) is 0. The Morgan fingerprint density at radius 3 is 1.73 bits per heavy atom. The Balaban J connectivity index is 5.52. The lowest BCUT2D eigenvalue weighted by Gasteiger charge is -2.26. The van der Waals surface area contributed by atoms with Gasteiger partial charge >= 0.3 is 11.9 Å². The summed E-state index contributed by atoms with van der Waals surface area (Å²) in [6.45, 7) is 1.09. The largest absolute Gasteiger partial charge is 0.481 e. The molecule has 0 rings (SSSR count). The summed E-state index contributed by atoms with van der Waals surface area (Å²) >= 11 is 0. The van der Waals surface area contributed by atoms with Gasteiger partial charge in [0.1, 0.15) is 18.1 Å². The molecule has 0 spiro atoms. The summed E-state index contributed by atoms with van der Waals surface area (Å²) in [6, 6.07) is -6.50. The van der Waals surface area contributed by atoms with Gasteiger partial charge < -0.3 is 48.5 Å². The first-order chi connectivity index (χ1) is 15.1. The van der Waals surface area contributed by atoms with Crippen molar-refractivity contribution < 1.29 is 48.9 Å². The Hall–Kier alpha value is -3.79. The number of hydrogen-bond donors (Lipinski definition) is 9. The van der Waals surface area contributed by atoms with Crippen LogP contribution in [0, 0.1) is 0 Å². The first-order valence-corrected chi connectivity index (χ1v) is 9.51. The third-order valence-electron chi connectivity index (χ3n) is 4.12. The van der Waals surface area contributed by atoms with Crippen molar-refractivity contribution in [1.29, 1.82) is 0 Å². The first-order valence-electron chi connectivity index (χ1n) is 9.51. The first kappa shape index (κ1) is 29.2. The predicted molar refractivity (Wildman–Crippen MR) is 108 cm³/mol. The van der Waals surface area contributed by atoms with Crippen LogP contribution < -0.4 is 33.2 Å². The number of hydrogen-bond acceptors (Lipinski definition) is 9. The van der Waals surface area contributed by atoms with E-state index >= 15 is 0 Å². The van der Waals surface area contributed by atoms with Crippen LogP contribution in [0.1, 0.15) is 32.6 Å². The summed E-state index contributed by atoms with van der Waals surface area (Å²) in [5.74, 6) is -8.18. The highest BCUT2D eigenvalue weighted by molar-refractivity contribution is 5.96. The number of carbonyl (C=O) groups is 7. The molecule has 16 nitrogen and oxygen atoms in total. The van der Waals surface area contributed by atoms with Crippen LogP contribution in [0.3, 0.4) is 0 Å². The standard InChI is InChI=1S/C17H28N6O10/c1-6(24)13(16(31)22-9(17(32)33)5-11(20)26)23-15(30)8(2-3-12(27)28)21-14(29)7(18)4-10(19)25/h6-9,13,24H,2-5,18H2,1H3,(H2,19,25)(H2,20,26)(H,21,29)(H,22,31)(H,23,30)(H,27,28)(H,32,33). The van der Waals surface area contributed by atoms with Crippen LogP contribution in [-0.4, -0.2) is 87.1 Å². The number of primary amides is 2. The molecular weight excluding hydrogens is 448 g/mol. The third kappa shape index (κ3) is 11.4. The molecule has 0 bridgehead atoms. The molecule has 0 aromatic rings. The monoisotopic (exact) mass is 476 g/mol. The number of carboxylic acid groups (broad SMARTS) is 2. The van der Waals surface area contributed by atoms with Gasteiger partial charge in [0.05, 0.1) is 25.0 Å². The second-order valence-corrected chi connectivity index (χ2v) is 7.07. The van der Waals surface area contributed by atoms with E-state index in [1.165, 1.54) is 0 Å². The highest BCUT2D eigenvalue weighted by atomic mass is 16.4. The Bertz CT molecular complexity index is 786. The molecule has 5 atom stereocenters. The average Bonchev–Trinajstić information content (AvgIpc) is 2.66. The van der Waals surface area contributed by atoms with Crippen LogP contribution in [0.5, 0.6) is 0 Å². The van der Waals surface area contributed by atoms with Crippen molar-refractivity contribution >= 4 is 41.5 Å². The van der Waals surface area contributed by atoms with Crippen molar-refractivity contribution in [2.75, 3.05) is 0 Å². The Morgan fingerprint density at radius 2 is 1.30 bits per heavy atom. The van der Waals surface area contributed by atoms with Crippen LogP contribution >= 0.6 is 0 Å². The van der Waals surface area contributed by atoms with Crippen LogP contribution in [0.25, 0.3) is 0 Å². The van der Waals surface area contributed by atoms with E-state index in [9.17, 15) is 38.7 Å². The van der Waals surface area contributed by atoms with Crippen molar-refractivity contribution in [3.8, 4) is 0 Å². The number of amides is 5. The van der Waals surface area contributed by atoms with Gasteiger partial charge in [-0.05, 0) is 13.3 Å². The molecule has 0 aliphatic rings. The molecule has 0 aliphatic carbocycles. The van der Waals surface area contributed by atoms with Gasteiger partial charge in [-0.1, -0.05) is 0 Å². The van der Waals surface area contributed by atoms with Crippen molar-refractivity contribution in [3.05, 3.63) is 0 Å². The lowest BCUT2D eigenvalue weighted by atomic mass is 10.1. The van der Waals surface area contributed by atoms with E-state index < -0.39 is 97.4 Å². The zero-order valence-corrected chi connectivity index (χ0v) is 17.6. The predicted octanol–water partition coefficient (Wildman–Crippen LogP) is -5.15. The number of carbonyl (C=O) groups excluding carboxylic acids is 5. The summed E-state index contributed by atoms with van der Waals surface area (Å²) in [5.41, 5.74) is 15.4. The number of aliphatic hydroxyl groups excluding tert-OH is 1. The molecule has 0 heterocycles. The molecule has 33 heavy (non-hydrogen) atoms. The molecule has 12 N–H and O–H groups in total. The lowest BCUT2D eigenvalue weighted by molar-refractivity contribution is -0.144. The SMILES string of the molecule is CC(O)C(NC(=O)C(CCC(=O)O)NC(=O)C(N)CC(N)=O)C(=O)NC(CC(N)=O)C(=O)O. The van der Waals surface area contributed by atoms with Crippen LogP contribution in [0.4, 0.5) is 0 Å². The quantitative estimate of drug-likeness (QED) is 0.108. The van der Waals surface area contributed by atoms with Gasteiger partial charge in [0.15, 0.2) is 0 Å². The van der Waals surface area contributed by atoms with Crippen molar-refractivity contribution in [3.63, 3.8) is 0 Å². The summed E-state index contributed by atoms with van der Waals surface area (Å²) in [4.78, 5) is 81.1. The van der Waals surface area contributed by atoms with Gasteiger partial charge in [-0.15, -0.1) is 0 Å². The summed E-state index contributed by atoms with van der Waals surface area (Å²) in [6.07, 6.45) is -3.95. The molecule has 0 saturated heterocycles. The smallest absolute Gasteiger partial charge is 0.326 e. The van der Waals surface area contributed by atoms with Crippen LogP contribution in [-0.2, 0) is 33.6 Å². The molecule has 5 amide bonds. The average molecular weight is 476 g/mol. The molecule has 5 unspecified atom stereocenters. The normalized spacial score (nSPS) is 15.1. The van der Waals surface area contributed by atoms with Crippen molar-refractivity contribution in [2.45, 2.75) is 62.9 Å². The van der Waals surface area contributed by atoms with Gasteiger partial charge in [-0.2, -0.15) is 0 Å². The second kappa shape index (κ2) is 13.6. The van der Waals surface area contributed by atoms with Crippen LogP contribution in [0.15, 0.2) is 0 Å². The van der Waals surface area contributed by atoms with Gasteiger partial charge in [-0.25, -0.2) is 4.79 Å². The molecule has 0 fully saturated rings. The molecule has 186 valence electrons. The van der Waals surface area contributed by atoms with Gasteiger partial charge in [0, 0.05) is 6.42 Å². The Morgan fingerprint density at radius 1 is 0.788 bits per heavy atom. The maximum atomic E-state index is 12.6. The van der Waals surface area contributed by atoms with E-state index in [4.69, 9.17) is 27.4 Å². The van der Waals surface area contributed by atoms with Gasteiger partial charge in [0.25, 0.3) is 0 Å². The highest BCUT2D eigenvalue weighted by Gasteiger charge is 2.33. The van der Waals surface area contributed by atoms with Gasteiger partial charge in [-0.3, -0.25) is 28.8 Å². The summed E-state index contributed by atoms with van der Waals surface area (Å²) < 4.78 is 0. The van der Waals surface area contributed by atoms with E-state index in [1.54, 1.807) is 0 Å². The Kier molecular flexibility index (Phi) is 12.0. The fraction of sp³-hybridized carbons (Fsp3) is 0.588. The van der Waals surface area contributed by atoms with Crippen molar-refractivity contribution in [1.82, 2.24) is 16.0 Å². The maximum absolute atomic E-state index is 12.6. The van der Waals surface area contributed by atoms with Crippen molar-refractivity contribution in [2.24, 2.45) is 17.2 Å². The van der Waals surface area contributed by atoms with E-state index in [0.717, 1.165) is 6.92 Å². The zero-order chi connectivity index (χ0) is 25.9. The zero-order valence-electron chi connectivity index (χ0n) is 17.6. The van der Waals surface area contributed by atoms with E-state index in [-0.39, 0.29) is 0 Å². The van der Waals surface area contributed by atoms with E-state index in [2.05, 4.69) is 10.6 Å². The number of carboxylic acids is 2. The molecule has 0 saturated carbocycles. The van der Waals surface area contributed by atoms with Crippen LogP contribution in [0.2, 0.25) is 0 Å². The fourth-order valence-electron chi connectivity index (χ4n) is 2.45. The summed E-state index contributed by atoms with van der Waals surface area (Å²) in [5, 5.41) is 33.9.